The molecule has 0 unspecified atom stereocenters. The Morgan fingerprint density at radius 1 is 1.29 bits per heavy atom. The van der Waals surface area contributed by atoms with Gasteiger partial charge >= 0.3 is 5.97 Å². The molecule has 0 saturated heterocycles. The summed E-state index contributed by atoms with van der Waals surface area (Å²) in [6.07, 6.45) is 0. The van der Waals surface area contributed by atoms with Crippen molar-refractivity contribution in [2.75, 3.05) is 26.4 Å². The Morgan fingerprint density at radius 2 is 2.06 bits per heavy atom. The van der Waals surface area contributed by atoms with Crippen LogP contribution in [0.25, 0.3) is 0 Å². The Hall–Kier alpha value is -1.26. The molecule has 0 aliphatic carbocycles. The molecular formula is C12H15ClO4. The summed E-state index contributed by atoms with van der Waals surface area (Å²) in [5.41, 5.74) is 0. The monoisotopic (exact) mass is 258 g/mol. The molecule has 0 aromatic heterocycles. The highest BCUT2D eigenvalue weighted by Crippen LogP contribution is 2.22. The minimum absolute atomic E-state index is 0.157. The molecule has 0 fully saturated rings. The van der Waals surface area contributed by atoms with Gasteiger partial charge in [-0.3, -0.25) is 0 Å². The lowest BCUT2D eigenvalue weighted by Crippen LogP contribution is -2.17. The van der Waals surface area contributed by atoms with Crippen LogP contribution in [0, 0.1) is 0 Å². The van der Waals surface area contributed by atoms with Crippen LogP contribution in [-0.4, -0.2) is 32.4 Å². The summed E-state index contributed by atoms with van der Waals surface area (Å²) in [7, 11) is 0. The quantitative estimate of drug-likeness (QED) is 0.556. The second-order valence-corrected chi connectivity index (χ2v) is 3.54. The number of para-hydroxylation sites is 1. The molecule has 1 rings (SSSR count). The Kier molecular flexibility index (Phi) is 6.43. The first kappa shape index (κ1) is 13.8. The van der Waals surface area contributed by atoms with Gasteiger partial charge in [0.05, 0.1) is 11.6 Å². The van der Waals surface area contributed by atoms with E-state index < -0.39 is 5.97 Å². The summed E-state index contributed by atoms with van der Waals surface area (Å²) in [6.45, 7) is 2.96. The third-order valence-corrected chi connectivity index (χ3v) is 2.19. The second kappa shape index (κ2) is 7.92. The first-order valence-electron chi connectivity index (χ1n) is 5.34. The van der Waals surface area contributed by atoms with Crippen LogP contribution in [0.1, 0.15) is 6.92 Å². The van der Waals surface area contributed by atoms with Crippen LogP contribution in [0.5, 0.6) is 5.75 Å². The maximum absolute atomic E-state index is 11.2. The highest BCUT2D eigenvalue weighted by Gasteiger charge is 2.06. The van der Waals surface area contributed by atoms with Gasteiger partial charge in [-0.05, 0) is 19.1 Å². The molecule has 0 spiro atoms. The molecule has 0 radical (unpaired) electrons. The van der Waals surface area contributed by atoms with Gasteiger partial charge in [0.25, 0.3) is 0 Å². The van der Waals surface area contributed by atoms with E-state index >= 15 is 0 Å². The molecule has 17 heavy (non-hydrogen) atoms. The SMILES string of the molecule is CCOCCOC(=O)COc1ccccc1Cl. The summed E-state index contributed by atoms with van der Waals surface area (Å²) in [6, 6.07) is 6.95. The first-order valence-corrected chi connectivity index (χ1v) is 5.72. The Balaban J connectivity index is 2.22. The van der Waals surface area contributed by atoms with E-state index in [1.807, 2.05) is 6.92 Å². The number of hydrogen-bond acceptors (Lipinski definition) is 4. The van der Waals surface area contributed by atoms with Crippen molar-refractivity contribution in [3.05, 3.63) is 29.3 Å². The van der Waals surface area contributed by atoms with Crippen molar-refractivity contribution in [1.82, 2.24) is 0 Å². The third kappa shape index (κ3) is 5.56. The average molecular weight is 259 g/mol. The fraction of sp³-hybridized carbons (Fsp3) is 0.417. The smallest absolute Gasteiger partial charge is 0.344 e. The zero-order valence-corrected chi connectivity index (χ0v) is 10.4. The van der Waals surface area contributed by atoms with Crippen LogP contribution in [0.15, 0.2) is 24.3 Å². The molecule has 4 nitrogen and oxygen atoms in total. The lowest BCUT2D eigenvalue weighted by molar-refractivity contribution is -0.147. The van der Waals surface area contributed by atoms with Crippen LogP contribution in [0.4, 0.5) is 0 Å². The second-order valence-electron chi connectivity index (χ2n) is 3.14. The molecule has 0 aliphatic rings. The predicted molar refractivity (Wildman–Crippen MR) is 64.4 cm³/mol. The Bertz CT molecular complexity index is 354. The zero-order valence-electron chi connectivity index (χ0n) is 9.65. The molecule has 94 valence electrons. The van der Waals surface area contributed by atoms with Crippen molar-refractivity contribution >= 4 is 17.6 Å². The van der Waals surface area contributed by atoms with Gasteiger partial charge in [0.15, 0.2) is 6.61 Å². The number of benzene rings is 1. The van der Waals surface area contributed by atoms with Crippen LogP contribution in [0.2, 0.25) is 5.02 Å². The Morgan fingerprint density at radius 3 is 2.76 bits per heavy atom. The van der Waals surface area contributed by atoms with E-state index in [0.29, 0.717) is 24.0 Å². The summed E-state index contributed by atoms with van der Waals surface area (Å²) < 4.78 is 15.1. The normalized spacial score (nSPS) is 10.0. The van der Waals surface area contributed by atoms with E-state index in [1.54, 1.807) is 24.3 Å². The average Bonchev–Trinajstić information content (AvgIpc) is 2.34. The highest BCUT2D eigenvalue weighted by molar-refractivity contribution is 6.32. The topological polar surface area (TPSA) is 44.8 Å². The van der Waals surface area contributed by atoms with Crippen molar-refractivity contribution in [2.45, 2.75) is 6.92 Å². The molecule has 5 heteroatoms. The molecule has 0 aliphatic heterocycles. The molecule has 0 heterocycles. The van der Waals surface area contributed by atoms with Crippen molar-refractivity contribution in [3.8, 4) is 5.75 Å². The van der Waals surface area contributed by atoms with Crippen molar-refractivity contribution < 1.29 is 19.0 Å². The molecule has 0 bridgehead atoms. The molecule has 0 saturated carbocycles. The Labute approximate surface area is 105 Å². The number of carbonyl (C=O) groups is 1. The van der Waals surface area contributed by atoms with Gasteiger partial charge in [-0.15, -0.1) is 0 Å². The number of ether oxygens (including phenoxy) is 3. The molecule has 0 amide bonds. The standard InChI is InChI=1S/C12H15ClO4/c1-2-15-7-8-16-12(14)9-17-11-6-4-3-5-10(11)13/h3-6H,2,7-9H2,1H3. The lowest BCUT2D eigenvalue weighted by atomic mass is 10.3. The van der Waals surface area contributed by atoms with Crippen LogP contribution < -0.4 is 4.74 Å². The minimum atomic E-state index is -0.440. The molecule has 0 atom stereocenters. The maximum atomic E-state index is 11.2. The van der Waals surface area contributed by atoms with E-state index in [4.69, 9.17) is 25.8 Å². The largest absolute Gasteiger partial charge is 0.480 e. The summed E-state index contributed by atoms with van der Waals surface area (Å²) >= 11 is 5.86. The minimum Gasteiger partial charge on any atom is -0.480 e. The van der Waals surface area contributed by atoms with Crippen molar-refractivity contribution in [3.63, 3.8) is 0 Å². The van der Waals surface area contributed by atoms with Gasteiger partial charge in [-0.2, -0.15) is 0 Å². The van der Waals surface area contributed by atoms with Crippen LogP contribution in [0.3, 0.4) is 0 Å². The molecular weight excluding hydrogens is 244 g/mol. The zero-order chi connectivity index (χ0) is 12.5. The van der Waals surface area contributed by atoms with E-state index in [1.165, 1.54) is 0 Å². The van der Waals surface area contributed by atoms with Gasteiger partial charge in [0.1, 0.15) is 12.4 Å². The number of carbonyl (C=O) groups excluding carboxylic acids is 1. The number of esters is 1. The summed E-state index contributed by atoms with van der Waals surface area (Å²) in [5.74, 6) is 0.0283. The first-order chi connectivity index (χ1) is 8.24. The van der Waals surface area contributed by atoms with E-state index in [-0.39, 0.29) is 13.2 Å². The number of halogens is 1. The summed E-state index contributed by atoms with van der Waals surface area (Å²) in [4.78, 5) is 11.2. The van der Waals surface area contributed by atoms with Gasteiger partial charge in [0, 0.05) is 6.61 Å². The lowest BCUT2D eigenvalue weighted by Gasteiger charge is -2.08. The van der Waals surface area contributed by atoms with Gasteiger partial charge in [-0.1, -0.05) is 23.7 Å². The third-order valence-electron chi connectivity index (χ3n) is 1.88. The molecule has 0 N–H and O–H groups in total. The predicted octanol–water partition coefficient (Wildman–Crippen LogP) is 2.30. The van der Waals surface area contributed by atoms with Gasteiger partial charge in [-0.25, -0.2) is 4.79 Å². The maximum Gasteiger partial charge on any atom is 0.344 e. The van der Waals surface area contributed by atoms with Gasteiger partial charge < -0.3 is 14.2 Å². The fourth-order valence-corrected chi connectivity index (χ4v) is 1.29. The fourth-order valence-electron chi connectivity index (χ4n) is 1.10. The van der Waals surface area contributed by atoms with E-state index in [0.717, 1.165) is 0 Å². The van der Waals surface area contributed by atoms with E-state index in [2.05, 4.69) is 0 Å². The van der Waals surface area contributed by atoms with Crippen LogP contribution >= 0.6 is 11.6 Å². The summed E-state index contributed by atoms with van der Waals surface area (Å²) in [5, 5.41) is 0.467. The van der Waals surface area contributed by atoms with E-state index in [9.17, 15) is 4.79 Å². The highest BCUT2D eigenvalue weighted by atomic mass is 35.5. The number of hydrogen-bond donors (Lipinski definition) is 0. The van der Waals surface area contributed by atoms with Crippen molar-refractivity contribution in [2.24, 2.45) is 0 Å². The van der Waals surface area contributed by atoms with Crippen LogP contribution in [-0.2, 0) is 14.3 Å². The van der Waals surface area contributed by atoms with Crippen molar-refractivity contribution in [1.29, 1.82) is 0 Å². The number of rotatable bonds is 7. The molecule has 1 aromatic carbocycles. The molecule has 1 aromatic rings. The van der Waals surface area contributed by atoms with Gasteiger partial charge in [0.2, 0.25) is 0 Å².